The summed E-state index contributed by atoms with van der Waals surface area (Å²) in [4.78, 5) is 29.6. The van der Waals surface area contributed by atoms with E-state index in [-0.39, 0.29) is 17.8 Å². The first-order valence-corrected chi connectivity index (χ1v) is 9.70. The monoisotopic (exact) mass is 462 g/mol. The van der Waals surface area contributed by atoms with Gasteiger partial charge in [-0.3, -0.25) is 4.57 Å². The normalized spacial score (nSPS) is 15.3. The van der Waals surface area contributed by atoms with Gasteiger partial charge >= 0.3 is 11.7 Å². The van der Waals surface area contributed by atoms with E-state index in [4.69, 9.17) is 0 Å². The number of hydrogen-bond acceptors (Lipinski definition) is 2. The first kappa shape index (κ1) is 17.1. The van der Waals surface area contributed by atoms with Crippen LogP contribution in [-0.2, 0) is 0 Å². The number of piperidine rings is 1. The van der Waals surface area contributed by atoms with Crippen LogP contribution in [0.2, 0.25) is 0 Å². The summed E-state index contributed by atoms with van der Waals surface area (Å²) >= 11 is 2.22. The lowest BCUT2D eigenvalue weighted by Crippen LogP contribution is -2.42. The highest BCUT2D eigenvalue weighted by molar-refractivity contribution is 14.1. The van der Waals surface area contributed by atoms with Gasteiger partial charge in [0, 0.05) is 28.4 Å². The van der Waals surface area contributed by atoms with Crippen LogP contribution in [0.15, 0.2) is 53.3 Å². The molecule has 0 aliphatic carbocycles. The second-order valence-corrected chi connectivity index (χ2v) is 7.72. The van der Waals surface area contributed by atoms with E-state index >= 15 is 0 Å². The van der Waals surface area contributed by atoms with Crippen molar-refractivity contribution in [2.24, 2.45) is 0 Å². The highest BCUT2D eigenvalue weighted by atomic mass is 127. The van der Waals surface area contributed by atoms with Crippen LogP contribution in [-0.4, -0.2) is 33.6 Å². The van der Waals surface area contributed by atoms with Gasteiger partial charge in [0.2, 0.25) is 0 Å². The number of H-pyrrole nitrogens is 1. The number of urea groups is 1. The van der Waals surface area contributed by atoms with Gasteiger partial charge in [0.25, 0.3) is 0 Å². The molecule has 1 aliphatic heterocycles. The summed E-state index contributed by atoms with van der Waals surface area (Å²) < 4.78 is 2.92. The Morgan fingerprint density at radius 3 is 2.65 bits per heavy atom. The Kier molecular flexibility index (Phi) is 4.71. The van der Waals surface area contributed by atoms with E-state index in [0.29, 0.717) is 13.1 Å². The van der Waals surface area contributed by atoms with Crippen LogP contribution in [0.4, 0.5) is 10.5 Å². The second kappa shape index (κ2) is 7.14. The van der Waals surface area contributed by atoms with Gasteiger partial charge in [0.05, 0.1) is 11.0 Å². The van der Waals surface area contributed by atoms with Crippen LogP contribution in [0, 0.1) is 3.57 Å². The molecule has 2 heterocycles. The number of fused-ring (bicyclic) bond motifs is 1. The van der Waals surface area contributed by atoms with E-state index < -0.39 is 0 Å². The summed E-state index contributed by atoms with van der Waals surface area (Å²) in [5.74, 6) is 0. The van der Waals surface area contributed by atoms with Crippen LogP contribution < -0.4 is 11.0 Å². The Bertz CT molecular complexity index is 1000. The highest BCUT2D eigenvalue weighted by Gasteiger charge is 2.26. The number of halogens is 1. The summed E-state index contributed by atoms with van der Waals surface area (Å²) in [6.07, 6.45) is 1.53. The van der Waals surface area contributed by atoms with Gasteiger partial charge in [0.1, 0.15) is 0 Å². The minimum absolute atomic E-state index is 0.0760. The molecule has 3 aromatic rings. The number of aromatic amines is 1. The minimum Gasteiger partial charge on any atom is -0.324 e. The lowest BCUT2D eigenvalue weighted by atomic mass is 10.0. The molecule has 2 amide bonds. The summed E-state index contributed by atoms with van der Waals surface area (Å²) in [6.45, 7) is 1.26. The van der Waals surface area contributed by atoms with Crippen molar-refractivity contribution in [3.8, 4) is 0 Å². The number of imidazole rings is 1. The van der Waals surface area contributed by atoms with E-state index in [1.165, 1.54) is 0 Å². The van der Waals surface area contributed by atoms with Gasteiger partial charge in [-0.1, -0.05) is 18.2 Å². The van der Waals surface area contributed by atoms with Crippen molar-refractivity contribution in [1.82, 2.24) is 14.5 Å². The molecule has 134 valence electrons. The number of carbonyl (C=O) groups is 1. The zero-order valence-electron chi connectivity index (χ0n) is 14.1. The molecule has 2 N–H and O–H groups in total. The Labute approximate surface area is 164 Å². The molecule has 1 aliphatic rings. The molecule has 0 unspecified atom stereocenters. The highest BCUT2D eigenvalue weighted by Crippen LogP contribution is 2.25. The number of anilines is 1. The predicted molar refractivity (Wildman–Crippen MR) is 111 cm³/mol. The van der Waals surface area contributed by atoms with Crippen molar-refractivity contribution in [3.05, 3.63) is 62.6 Å². The maximum Gasteiger partial charge on any atom is 0.326 e. The Morgan fingerprint density at radius 2 is 1.88 bits per heavy atom. The first-order valence-electron chi connectivity index (χ1n) is 8.62. The molecule has 7 heteroatoms. The van der Waals surface area contributed by atoms with Crippen LogP contribution in [0.1, 0.15) is 18.9 Å². The number of nitrogens with zero attached hydrogens (tertiary/aromatic N) is 2. The SMILES string of the molecule is O=C(Nc1cccc(I)c1)N1CCC(n2c(=O)[nH]c3ccccc32)CC1. The number of para-hydroxylation sites is 2. The second-order valence-electron chi connectivity index (χ2n) is 6.48. The Morgan fingerprint density at radius 1 is 1.12 bits per heavy atom. The molecule has 0 atom stereocenters. The lowest BCUT2D eigenvalue weighted by molar-refractivity contribution is 0.184. The molecule has 1 aromatic heterocycles. The lowest BCUT2D eigenvalue weighted by Gasteiger charge is -2.32. The van der Waals surface area contributed by atoms with Gasteiger partial charge in [-0.05, 0) is 65.8 Å². The van der Waals surface area contributed by atoms with E-state index in [1.807, 2.05) is 58.0 Å². The molecule has 26 heavy (non-hydrogen) atoms. The van der Waals surface area contributed by atoms with Gasteiger partial charge in [-0.2, -0.15) is 0 Å². The number of rotatable bonds is 2. The topological polar surface area (TPSA) is 70.1 Å². The molecule has 0 spiro atoms. The van der Waals surface area contributed by atoms with E-state index in [0.717, 1.165) is 33.1 Å². The van der Waals surface area contributed by atoms with Gasteiger partial charge in [0.15, 0.2) is 0 Å². The quantitative estimate of drug-likeness (QED) is 0.569. The number of aromatic nitrogens is 2. The molecule has 0 radical (unpaired) electrons. The zero-order valence-corrected chi connectivity index (χ0v) is 16.3. The van der Waals surface area contributed by atoms with Crippen LogP contribution >= 0.6 is 22.6 Å². The third kappa shape index (κ3) is 3.35. The molecule has 2 aromatic carbocycles. The number of hydrogen-bond donors (Lipinski definition) is 2. The van der Waals surface area contributed by atoms with Crippen molar-refractivity contribution in [2.45, 2.75) is 18.9 Å². The Hall–Kier alpha value is -2.29. The standard InChI is InChI=1S/C19H19IN4O2/c20-13-4-3-5-14(12-13)21-18(25)23-10-8-15(9-11-23)24-17-7-2-1-6-16(17)22-19(24)26/h1-7,12,15H,8-11H2,(H,21,25)(H,22,26). The summed E-state index contributed by atoms with van der Waals surface area (Å²) in [6, 6.07) is 15.5. The number of likely N-dealkylation sites (tertiary alicyclic amines) is 1. The van der Waals surface area contributed by atoms with E-state index in [1.54, 1.807) is 0 Å². The third-order valence-corrected chi connectivity index (χ3v) is 5.49. The zero-order chi connectivity index (χ0) is 18.1. The van der Waals surface area contributed by atoms with E-state index in [2.05, 4.69) is 32.9 Å². The summed E-state index contributed by atoms with van der Waals surface area (Å²) in [5.41, 5.74) is 2.51. The van der Waals surface area contributed by atoms with Gasteiger partial charge in [-0.15, -0.1) is 0 Å². The molecule has 0 saturated carbocycles. The average Bonchev–Trinajstić information content (AvgIpc) is 2.97. The van der Waals surface area contributed by atoms with Crippen molar-refractivity contribution < 1.29 is 4.79 Å². The average molecular weight is 462 g/mol. The van der Waals surface area contributed by atoms with Crippen LogP contribution in [0.3, 0.4) is 0 Å². The Balaban J connectivity index is 1.44. The van der Waals surface area contributed by atoms with Crippen molar-refractivity contribution in [2.75, 3.05) is 18.4 Å². The van der Waals surface area contributed by atoms with Crippen LogP contribution in [0.25, 0.3) is 11.0 Å². The maximum atomic E-state index is 12.5. The molecule has 4 rings (SSSR count). The van der Waals surface area contributed by atoms with Crippen molar-refractivity contribution in [1.29, 1.82) is 0 Å². The fraction of sp³-hybridized carbons (Fsp3) is 0.263. The van der Waals surface area contributed by atoms with Crippen molar-refractivity contribution in [3.63, 3.8) is 0 Å². The van der Waals surface area contributed by atoms with Crippen molar-refractivity contribution >= 4 is 45.3 Å². The molecule has 1 fully saturated rings. The van der Waals surface area contributed by atoms with Crippen LogP contribution in [0.5, 0.6) is 0 Å². The number of nitrogens with one attached hydrogen (secondary N) is 2. The fourth-order valence-corrected chi connectivity index (χ4v) is 4.08. The predicted octanol–water partition coefficient (Wildman–Crippen LogP) is 3.80. The largest absolute Gasteiger partial charge is 0.326 e. The van der Waals surface area contributed by atoms with Gasteiger partial charge < -0.3 is 15.2 Å². The fourth-order valence-electron chi connectivity index (χ4n) is 3.53. The van der Waals surface area contributed by atoms with Gasteiger partial charge in [-0.25, -0.2) is 9.59 Å². The smallest absolute Gasteiger partial charge is 0.324 e. The summed E-state index contributed by atoms with van der Waals surface area (Å²) in [7, 11) is 0. The molecular weight excluding hydrogens is 443 g/mol. The molecule has 0 bridgehead atoms. The number of amides is 2. The molecular formula is C19H19IN4O2. The molecule has 6 nitrogen and oxygen atoms in total. The molecule has 1 saturated heterocycles. The first-order chi connectivity index (χ1) is 12.6. The number of carbonyl (C=O) groups excluding carboxylic acids is 1. The summed E-state index contributed by atoms with van der Waals surface area (Å²) in [5, 5.41) is 2.95. The van der Waals surface area contributed by atoms with E-state index in [9.17, 15) is 9.59 Å². The third-order valence-electron chi connectivity index (χ3n) is 4.82. The number of benzene rings is 2. The minimum atomic E-state index is -0.0864. The maximum absolute atomic E-state index is 12.5.